The molecular formula is C14H22. The minimum Gasteiger partial charge on any atom is -0.103 e. The van der Waals surface area contributed by atoms with E-state index in [0.717, 1.165) is 0 Å². The molecule has 0 aromatic rings. The predicted molar refractivity (Wildman–Crippen MR) is 66.4 cm³/mol. The maximum Gasteiger partial charge on any atom is -0.0273 e. The lowest BCUT2D eigenvalue weighted by Gasteiger charge is -2.17. The molecule has 1 aliphatic rings. The van der Waals surface area contributed by atoms with Gasteiger partial charge in [-0.05, 0) is 56.8 Å². The Hall–Kier alpha value is -1.04. The average molecular weight is 190 g/mol. The highest BCUT2D eigenvalue weighted by Crippen LogP contribution is 2.29. The smallest absolute Gasteiger partial charge is 0.0273 e. The first kappa shape index (κ1) is 13.0. The van der Waals surface area contributed by atoms with E-state index in [1.807, 2.05) is 13.0 Å². The third kappa shape index (κ3) is 3.78. The summed E-state index contributed by atoms with van der Waals surface area (Å²) in [5, 5.41) is 0. The third-order valence-electron chi connectivity index (χ3n) is 2.45. The molecule has 0 amide bonds. The monoisotopic (exact) mass is 190 g/mol. The Labute approximate surface area is 88.7 Å². The van der Waals surface area contributed by atoms with Crippen molar-refractivity contribution < 1.29 is 0 Å². The van der Waals surface area contributed by atoms with E-state index in [-0.39, 0.29) is 0 Å². The molecule has 0 aromatic heterocycles. The lowest BCUT2D eigenvalue weighted by molar-refractivity contribution is 0.776. The second-order valence-corrected chi connectivity index (χ2v) is 3.43. The van der Waals surface area contributed by atoms with Gasteiger partial charge in [0, 0.05) is 0 Å². The van der Waals surface area contributed by atoms with Crippen LogP contribution in [0, 0.1) is 0 Å². The van der Waals surface area contributed by atoms with Crippen molar-refractivity contribution in [3.05, 3.63) is 48.1 Å². The Morgan fingerprint density at radius 2 is 1.71 bits per heavy atom. The van der Waals surface area contributed by atoms with Gasteiger partial charge in [-0.1, -0.05) is 24.8 Å². The highest BCUT2D eigenvalue weighted by Gasteiger charge is 2.09. The molecule has 0 saturated carbocycles. The summed E-state index contributed by atoms with van der Waals surface area (Å²) in [4.78, 5) is 0. The van der Waals surface area contributed by atoms with Crippen molar-refractivity contribution in [1.82, 2.24) is 0 Å². The van der Waals surface area contributed by atoms with Crippen LogP contribution in [0.1, 0.15) is 40.0 Å². The zero-order chi connectivity index (χ0) is 11.0. The molecule has 0 bridgehead atoms. The standard InChI is InChI=1S/C11H16.C3H6/c1-4-10-7-6-8-11(5-2)9(10)3;1-3-2/h4-5H,1,6-8H2,2-3H3;3H,1H2,2H3/b11-5+;. The number of allylic oxidation sites excluding steroid dienone is 6. The van der Waals surface area contributed by atoms with Gasteiger partial charge >= 0.3 is 0 Å². The van der Waals surface area contributed by atoms with Gasteiger partial charge in [0.2, 0.25) is 0 Å². The molecule has 1 rings (SSSR count). The molecular weight excluding hydrogens is 168 g/mol. The molecule has 0 unspecified atom stereocenters. The van der Waals surface area contributed by atoms with E-state index in [0.29, 0.717) is 0 Å². The van der Waals surface area contributed by atoms with Gasteiger partial charge in [-0.15, -0.1) is 6.58 Å². The minimum absolute atomic E-state index is 1.21. The van der Waals surface area contributed by atoms with Crippen LogP contribution in [0.5, 0.6) is 0 Å². The lowest BCUT2D eigenvalue weighted by atomic mass is 9.88. The number of hydrogen-bond donors (Lipinski definition) is 0. The minimum atomic E-state index is 1.21. The summed E-state index contributed by atoms with van der Waals surface area (Å²) in [6.07, 6.45) is 9.72. The molecule has 0 spiro atoms. The molecule has 0 heterocycles. The molecule has 0 atom stereocenters. The van der Waals surface area contributed by atoms with Crippen molar-refractivity contribution in [2.75, 3.05) is 0 Å². The van der Waals surface area contributed by atoms with Crippen molar-refractivity contribution in [3.8, 4) is 0 Å². The van der Waals surface area contributed by atoms with Crippen LogP contribution in [0.3, 0.4) is 0 Å². The highest BCUT2D eigenvalue weighted by molar-refractivity contribution is 5.40. The Bertz CT molecular complexity index is 251. The molecule has 0 N–H and O–H groups in total. The van der Waals surface area contributed by atoms with Crippen molar-refractivity contribution in [1.29, 1.82) is 0 Å². The molecule has 1 aliphatic carbocycles. The van der Waals surface area contributed by atoms with Crippen molar-refractivity contribution in [3.63, 3.8) is 0 Å². The average Bonchev–Trinajstić information content (AvgIpc) is 2.19. The van der Waals surface area contributed by atoms with E-state index >= 15 is 0 Å². The largest absolute Gasteiger partial charge is 0.103 e. The molecule has 0 fully saturated rings. The molecule has 0 heteroatoms. The molecule has 0 radical (unpaired) electrons. The number of hydrogen-bond acceptors (Lipinski definition) is 0. The van der Waals surface area contributed by atoms with Crippen LogP contribution in [0.4, 0.5) is 0 Å². The fourth-order valence-corrected chi connectivity index (χ4v) is 1.67. The van der Waals surface area contributed by atoms with E-state index in [4.69, 9.17) is 0 Å². The highest BCUT2D eigenvalue weighted by atomic mass is 14.1. The Kier molecular flexibility index (Phi) is 6.82. The zero-order valence-corrected chi connectivity index (χ0v) is 9.77. The van der Waals surface area contributed by atoms with Gasteiger partial charge in [-0.2, -0.15) is 0 Å². The Morgan fingerprint density at radius 1 is 1.14 bits per heavy atom. The van der Waals surface area contributed by atoms with Gasteiger partial charge < -0.3 is 0 Å². The maximum atomic E-state index is 3.82. The number of rotatable bonds is 1. The summed E-state index contributed by atoms with van der Waals surface area (Å²) in [6.45, 7) is 13.4. The summed E-state index contributed by atoms with van der Waals surface area (Å²) in [5.41, 5.74) is 4.39. The van der Waals surface area contributed by atoms with Gasteiger partial charge in [0.1, 0.15) is 0 Å². The van der Waals surface area contributed by atoms with Crippen LogP contribution in [0.15, 0.2) is 48.1 Å². The molecule has 0 aromatic carbocycles. The lowest BCUT2D eigenvalue weighted by Crippen LogP contribution is -1.98. The van der Waals surface area contributed by atoms with E-state index < -0.39 is 0 Å². The molecule has 0 saturated heterocycles. The summed E-state index contributed by atoms with van der Waals surface area (Å²) in [6, 6.07) is 0. The van der Waals surface area contributed by atoms with Crippen LogP contribution in [0.2, 0.25) is 0 Å². The van der Waals surface area contributed by atoms with E-state index in [1.165, 1.54) is 36.0 Å². The van der Waals surface area contributed by atoms with Crippen molar-refractivity contribution in [2.45, 2.75) is 40.0 Å². The first-order valence-electron chi connectivity index (χ1n) is 5.26. The van der Waals surface area contributed by atoms with Crippen LogP contribution in [-0.4, -0.2) is 0 Å². The predicted octanol–water partition coefficient (Wildman–Crippen LogP) is 4.81. The third-order valence-corrected chi connectivity index (χ3v) is 2.45. The van der Waals surface area contributed by atoms with Crippen molar-refractivity contribution >= 4 is 0 Å². The first-order chi connectivity index (χ1) is 6.71. The summed E-state index contributed by atoms with van der Waals surface area (Å²) in [7, 11) is 0. The fourth-order valence-electron chi connectivity index (χ4n) is 1.67. The molecule has 0 nitrogen and oxygen atoms in total. The van der Waals surface area contributed by atoms with Crippen LogP contribution in [-0.2, 0) is 0 Å². The summed E-state index contributed by atoms with van der Waals surface area (Å²) >= 11 is 0. The zero-order valence-electron chi connectivity index (χ0n) is 9.77. The Morgan fingerprint density at radius 3 is 2.14 bits per heavy atom. The second kappa shape index (κ2) is 7.37. The topological polar surface area (TPSA) is 0 Å². The molecule has 14 heavy (non-hydrogen) atoms. The van der Waals surface area contributed by atoms with Gasteiger partial charge in [0.25, 0.3) is 0 Å². The Balaban J connectivity index is 0.000000500. The maximum absolute atomic E-state index is 3.82. The molecule has 0 aliphatic heterocycles. The van der Waals surface area contributed by atoms with Gasteiger partial charge in [-0.3, -0.25) is 0 Å². The van der Waals surface area contributed by atoms with Gasteiger partial charge in [0.15, 0.2) is 0 Å². The fraction of sp³-hybridized carbons (Fsp3) is 0.429. The summed E-state index contributed by atoms with van der Waals surface area (Å²) in [5.74, 6) is 0. The first-order valence-corrected chi connectivity index (χ1v) is 5.26. The van der Waals surface area contributed by atoms with Gasteiger partial charge in [0.05, 0.1) is 0 Å². The van der Waals surface area contributed by atoms with Crippen LogP contribution in [0.25, 0.3) is 0 Å². The quantitative estimate of drug-likeness (QED) is 0.520. The SMILES string of the molecule is C=CC.C=CC1=C(C)/C(=C/C)CCC1. The second-order valence-electron chi connectivity index (χ2n) is 3.43. The molecule has 78 valence electrons. The van der Waals surface area contributed by atoms with Gasteiger partial charge in [-0.25, -0.2) is 0 Å². The normalized spacial score (nSPS) is 18.6. The van der Waals surface area contributed by atoms with Crippen LogP contribution >= 0.6 is 0 Å². The van der Waals surface area contributed by atoms with Crippen molar-refractivity contribution in [2.24, 2.45) is 0 Å². The van der Waals surface area contributed by atoms with E-state index in [2.05, 4.69) is 33.1 Å². The van der Waals surface area contributed by atoms with E-state index in [9.17, 15) is 0 Å². The summed E-state index contributed by atoms with van der Waals surface area (Å²) < 4.78 is 0. The van der Waals surface area contributed by atoms with E-state index in [1.54, 1.807) is 6.08 Å². The van der Waals surface area contributed by atoms with Crippen LogP contribution < -0.4 is 0 Å².